The number of thioether (sulfide) groups is 1. The van der Waals surface area contributed by atoms with E-state index in [0.29, 0.717) is 11.8 Å². The molecule has 1 fully saturated rings. The van der Waals surface area contributed by atoms with Crippen LogP contribution in [0.15, 0.2) is 29.7 Å². The molecule has 2 aromatic heterocycles. The molecule has 0 spiro atoms. The van der Waals surface area contributed by atoms with Gasteiger partial charge in [0.05, 0.1) is 5.75 Å². The lowest BCUT2D eigenvalue weighted by molar-refractivity contribution is -0.118. The number of nitrogens with zero attached hydrogens (tertiary/aromatic N) is 4. The lowest BCUT2D eigenvalue weighted by Gasteiger charge is -2.08. The van der Waals surface area contributed by atoms with Crippen LogP contribution in [0.4, 0.5) is 0 Å². The fourth-order valence-corrected chi connectivity index (χ4v) is 3.35. The van der Waals surface area contributed by atoms with Gasteiger partial charge in [-0.3, -0.25) is 14.3 Å². The number of hydrogen-bond acceptors (Lipinski definition) is 5. The van der Waals surface area contributed by atoms with Crippen molar-refractivity contribution in [3.8, 4) is 11.4 Å². The highest BCUT2D eigenvalue weighted by Crippen LogP contribution is 2.40. The van der Waals surface area contributed by atoms with E-state index in [0.717, 1.165) is 55.2 Å². The van der Waals surface area contributed by atoms with Crippen molar-refractivity contribution in [1.29, 1.82) is 0 Å². The van der Waals surface area contributed by atoms with Gasteiger partial charge in [-0.2, -0.15) is 0 Å². The van der Waals surface area contributed by atoms with Gasteiger partial charge in [-0.05, 0) is 31.4 Å². The van der Waals surface area contributed by atoms with Crippen LogP contribution >= 0.6 is 11.8 Å². The molecule has 2 aromatic rings. The van der Waals surface area contributed by atoms with E-state index < -0.39 is 0 Å². The summed E-state index contributed by atoms with van der Waals surface area (Å²) >= 11 is 1.46. The molecule has 128 valence electrons. The summed E-state index contributed by atoms with van der Waals surface area (Å²) in [6, 6.07) is 4.34. The number of aromatic nitrogens is 4. The van der Waals surface area contributed by atoms with Crippen LogP contribution in [0.1, 0.15) is 45.1 Å². The van der Waals surface area contributed by atoms with Gasteiger partial charge in [-0.15, -0.1) is 10.2 Å². The maximum Gasteiger partial charge on any atom is 0.230 e. The van der Waals surface area contributed by atoms with Gasteiger partial charge < -0.3 is 5.32 Å². The van der Waals surface area contributed by atoms with Crippen molar-refractivity contribution in [3.63, 3.8) is 0 Å². The number of unbranched alkanes of at least 4 members (excludes halogenated alkanes) is 2. The summed E-state index contributed by atoms with van der Waals surface area (Å²) in [5, 5.41) is 12.4. The Balaban J connectivity index is 1.62. The van der Waals surface area contributed by atoms with Crippen molar-refractivity contribution in [3.05, 3.63) is 24.5 Å². The molecular weight excluding hydrogens is 322 g/mol. The normalized spacial score (nSPS) is 13.9. The maximum absolute atomic E-state index is 12.0. The third kappa shape index (κ3) is 4.35. The Hall–Kier alpha value is -1.89. The standard InChI is InChI=1S/C17H23N5OS/c1-2-3-4-10-19-15(23)12-24-17-21-20-16(22(17)14-7-8-14)13-6-5-9-18-11-13/h5-6,9,11,14H,2-4,7-8,10,12H2,1H3,(H,19,23). The van der Waals surface area contributed by atoms with E-state index in [1.54, 1.807) is 12.4 Å². The van der Waals surface area contributed by atoms with Crippen LogP contribution in [0.25, 0.3) is 11.4 Å². The van der Waals surface area contributed by atoms with Gasteiger partial charge in [0.1, 0.15) is 0 Å². The molecule has 3 rings (SSSR count). The number of carbonyl (C=O) groups is 1. The largest absolute Gasteiger partial charge is 0.355 e. The predicted molar refractivity (Wildman–Crippen MR) is 94.8 cm³/mol. The molecule has 0 bridgehead atoms. The van der Waals surface area contributed by atoms with Crippen LogP contribution in [0, 0.1) is 0 Å². The first-order valence-electron chi connectivity index (χ1n) is 8.54. The first-order valence-corrected chi connectivity index (χ1v) is 9.53. The third-order valence-corrected chi connectivity index (χ3v) is 4.87. The smallest absolute Gasteiger partial charge is 0.230 e. The van der Waals surface area contributed by atoms with Gasteiger partial charge in [0.15, 0.2) is 11.0 Å². The zero-order valence-corrected chi connectivity index (χ0v) is 14.8. The summed E-state index contributed by atoms with van der Waals surface area (Å²) in [4.78, 5) is 16.1. The predicted octanol–water partition coefficient (Wildman–Crippen LogP) is 3.07. The second-order valence-electron chi connectivity index (χ2n) is 5.99. The number of rotatable bonds is 9. The second kappa shape index (κ2) is 8.28. The van der Waals surface area contributed by atoms with Crippen LogP contribution in [-0.2, 0) is 4.79 Å². The SMILES string of the molecule is CCCCCNC(=O)CSc1nnc(-c2cccnc2)n1C1CC1. The van der Waals surface area contributed by atoms with Crippen LogP contribution in [-0.4, -0.2) is 38.0 Å². The summed E-state index contributed by atoms with van der Waals surface area (Å²) < 4.78 is 2.16. The Morgan fingerprint density at radius 2 is 2.25 bits per heavy atom. The monoisotopic (exact) mass is 345 g/mol. The lowest BCUT2D eigenvalue weighted by atomic mass is 10.2. The minimum Gasteiger partial charge on any atom is -0.355 e. The molecule has 1 aliphatic carbocycles. The Bertz CT molecular complexity index is 669. The highest BCUT2D eigenvalue weighted by Gasteiger charge is 2.30. The average Bonchev–Trinajstić information content (AvgIpc) is 3.37. The Kier molecular flexibility index (Phi) is 5.85. The molecule has 0 aromatic carbocycles. The highest BCUT2D eigenvalue weighted by molar-refractivity contribution is 7.99. The first kappa shape index (κ1) is 17.0. The maximum atomic E-state index is 12.0. The van der Waals surface area contributed by atoms with Crippen LogP contribution in [0.2, 0.25) is 0 Å². The topological polar surface area (TPSA) is 72.7 Å². The fourth-order valence-electron chi connectivity index (χ4n) is 2.51. The summed E-state index contributed by atoms with van der Waals surface area (Å²) in [5.74, 6) is 1.28. The highest BCUT2D eigenvalue weighted by atomic mass is 32.2. The number of hydrogen-bond donors (Lipinski definition) is 1. The molecule has 0 saturated heterocycles. The molecule has 0 atom stereocenters. The Labute approximate surface area is 146 Å². The zero-order chi connectivity index (χ0) is 16.8. The Morgan fingerprint density at radius 1 is 1.38 bits per heavy atom. The van der Waals surface area contributed by atoms with Gasteiger partial charge >= 0.3 is 0 Å². The minimum absolute atomic E-state index is 0.0596. The molecule has 1 amide bonds. The molecule has 1 saturated carbocycles. The van der Waals surface area contributed by atoms with Crippen molar-refractivity contribution in [2.24, 2.45) is 0 Å². The molecule has 1 aliphatic rings. The van der Waals surface area contributed by atoms with E-state index in [4.69, 9.17) is 0 Å². The number of pyridine rings is 1. The molecule has 7 heteroatoms. The summed E-state index contributed by atoms with van der Waals surface area (Å²) in [6.07, 6.45) is 9.18. The molecule has 2 heterocycles. The van der Waals surface area contributed by atoms with E-state index in [1.165, 1.54) is 11.8 Å². The van der Waals surface area contributed by atoms with Crippen molar-refractivity contribution < 1.29 is 4.79 Å². The van der Waals surface area contributed by atoms with E-state index in [-0.39, 0.29) is 5.91 Å². The molecule has 0 radical (unpaired) electrons. The lowest BCUT2D eigenvalue weighted by Crippen LogP contribution is -2.26. The van der Waals surface area contributed by atoms with Crippen LogP contribution < -0.4 is 5.32 Å². The number of amides is 1. The van der Waals surface area contributed by atoms with Crippen LogP contribution in [0.5, 0.6) is 0 Å². The molecule has 6 nitrogen and oxygen atoms in total. The van der Waals surface area contributed by atoms with Crippen molar-refractivity contribution >= 4 is 17.7 Å². The molecule has 0 aliphatic heterocycles. The van der Waals surface area contributed by atoms with Crippen molar-refractivity contribution in [1.82, 2.24) is 25.1 Å². The second-order valence-corrected chi connectivity index (χ2v) is 6.94. The summed E-state index contributed by atoms with van der Waals surface area (Å²) in [7, 11) is 0. The minimum atomic E-state index is 0.0596. The molecule has 0 unspecified atom stereocenters. The molecule has 1 N–H and O–H groups in total. The van der Waals surface area contributed by atoms with E-state index in [2.05, 4.69) is 32.0 Å². The van der Waals surface area contributed by atoms with E-state index in [1.807, 2.05) is 12.1 Å². The summed E-state index contributed by atoms with van der Waals surface area (Å²) in [5.41, 5.74) is 0.966. The van der Waals surface area contributed by atoms with Gasteiger partial charge in [0, 0.05) is 30.5 Å². The van der Waals surface area contributed by atoms with E-state index in [9.17, 15) is 4.79 Å². The third-order valence-electron chi connectivity index (χ3n) is 3.93. The average molecular weight is 345 g/mol. The van der Waals surface area contributed by atoms with Crippen molar-refractivity contribution in [2.45, 2.75) is 50.2 Å². The number of carbonyl (C=O) groups excluding carboxylic acids is 1. The summed E-state index contributed by atoms with van der Waals surface area (Å²) in [6.45, 7) is 2.91. The number of nitrogens with one attached hydrogen (secondary N) is 1. The van der Waals surface area contributed by atoms with Gasteiger partial charge in [0.2, 0.25) is 5.91 Å². The van der Waals surface area contributed by atoms with Crippen LogP contribution in [0.3, 0.4) is 0 Å². The van der Waals surface area contributed by atoms with Gasteiger partial charge in [0.25, 0.3) is 0 Å². The van der Waals surface area contributed by atoms with Crippen molar-refractivity contribution in [2.75, 3.05) is 12.3 Å². The van der Waals surface area contributed by atoms with E-state index >= 15 is 0 Å². The van der Waals surface area contributed by atoms with Gasteiger partial charge in [-0.1, -0.05) is 31.5 Å². The van der Waals surface area contributed by atoms with Gasteiger partial charge in [-0.25, -0.2) is 0 Å². The Morgan fingerprint density at radius 3 is 2.96 bits per heavy atom. The molecular formula is C17H23N5OS. The first-order chi connectivity index (χ1) is 11.8. The fraction of sp³-hybridized carbons (Fsp3) is 0.529. The molecule has 24 heavy (non-hydrogen) atoms. The quantitative estimate of drug-likeness (QED) is 0.558. The zero-order valence-electron chi connectivity index (χ0n) is 13.9.